The van der Waals surface area contributed by atoms with Crippen LogP contribution < -0.4 is 5.73 Å². The van der Waals surface area contributed by atoms with Crippen LogP contribution in [0.15, 0.2) is 36.5 Å². The summed E-state index contributed by atoms with van der Waals surface area (Å²) in [7, 11) is 0. The normalized spacial score (nSPS) is 19.9. The highest BCUT2D eigenvalue weighted by Gasteiger charge is 2.42. The number of nitrogens with two attached hydrogens (primary N) is 1. The van der Waals surface area contributed by atoms with Crippen LogP contribution in [0.4, 0.5) is 5.95 Å². The summed E-state index contributed by atoms with van der Waals surface area (Å²) in [6.07, 6.45) is 4.45. The van der Waals surface area contributed by atoms with Crippen LogP contribution in [0.5, 0.6) is 0 Å². The van der Waals surface area contributed by atoms with E-state index in [0.717, 1.165) is 66.5 Å². The SMILES string of the molecule is Nc1ncc2c(n1)C1(CCN(Cc3ccc4c5c(cccc35)C(=O)OC4)CC1)OCC2. The maximum atomic E-state index is 12.2. The van der Waals surface area contributed by atoms with Crippen molar-refractivity contribution in [3.05, 3.63) is 64.5 Å². The van der Waals surface area contributed by atoms with Crippen molar-refractivity contribution < 1.29 is 14.3 Å². The van der Waals surface area contributed by atoms with Gasteiger partial charge in [-0.2, -0.15) is 0 Å². The molecule has 1 saturated heterocycles. The molecule has 4 heterocycles. The van der Waals surface area contributed by atoms with E-state index in [0.29, 0.717) is 24.7 Å². The number of nitrogens with zero attached hydrogens (tertiary/aromatic N) is 3. The summed E-state index contributed by atoms with van der Waals surface area (Å²) in [5.74, 6) is 0.0814. The molecule has 158 valence electrons. The summed E-state index contributed by atoms with van der Waals surface area (Å²) in [5, 5.41) is 2.19. The van der Waals surface area contributed by atoms with Gasteiger partial charge >= 0.3 is 5.97 Å². The summed E-state index contributed by atoms with van der Waals surface area (Å²) < 4.78 is 11.6. The molecule has 0 saturated carbocycles. The number of anilines is 1. The van der Waals surface area contributed by atoms with Gasteiger partial charge in [0.05, 0.1) is 17.9 Å². The lowest BCUT2D eigenvalue weighted by molar-refractivity contribution is -0.102. The Hall–Kier alpha value is -3.03. The highest BCUT2D eigenvalue weighted by molar-refractivity contribution is 6.08. The van der Waals surface area contributed by atoms with Crippen molar-refractivity contribution in [1.29, 1.82) is 0 Å². The van der Waals surface area contributed by atoms with Crippen molar-refractivity contribution in [3.63, 3.8) is 0 Å². The highest BCUT2D eigenvalue weighted by atomic mass is 16.5. The highest BCUT2D eigenvalue weighted by Crippen LogP contribution is 2.41. The molecule has 2 aromatic carbocycles. The van der Waals surface area contributed by atoms with Crippen molar-refractivity contribution in [2.45, 2.75) is 38.0 Å². The summed E-state index contributed by atoms with van der Waals surface area (Å²) in [4.78, 5) is 23.4. The average molecular weight is 416 g/mol. The maximum Gasteiger partial charge on any atom is 0.339 e. The third-order valence-electron chi connectivity index (χ3n) is 6.92. The number of carbonyl (C=O) groups excluding carboxylic acids is 1. The van der Waals surface area contributed by atoms with E-state index in [1.54, 1.807) is 0 Å². The predicted molar refractivity (Wildman–Crippen MR) is 115 cm³/mol. The first kappa shape index (κ1) is 18.7. The number of carbonyl (C=O) groups is 1. The molecule has 3 aliphatic rings. The lowest BCUT2D eigenvalue weighted by atomic mass is 9.83. The van der Waals surface area contributed by atoms with Gasteiger partial charge in [-0.05, 0) is 47.4 Å². The molecule has 7 nitrogen and oxygen atoms in total. The van der Waals surface area contributed by atoms with E-state index in [1.165, 1.54) is 5.56 Å². The van der Waals surface area contributed by atoms with Crippen LogP contribution in [-0.4, -0.2) is 40.5 Å². The molecule has 7 heteroatoms. The topological polar surface area (TPSA) is 90.6 Å². The number of fused-ring (bicyclic) bond motifs is 2. The summed E-state index contributed by atoms with van der Waals surface area (Å²) >= 11 is 0. The standard InChI is InChI=1S/C24H24N4O3/c25-23-26-12-15-6-11-31-24(21(15)27-23)7-9-28(10-8-24)13-16-4-5-17-14-30-22(29)19-3-1-2-18(16)20(17)19/h1-5,12H,6-11,13-14H2,(H2,25,26,27). The molecule has 3 aromatic rings. The summed E-state index contributed by atoms with van der Waals surface area (Å²) in [6, 6.07) is 10.2. The van der Waals surface area contributed by atoms with E-state index in [4.69, 9.17) is 15.2 Å². The van der Waals surface area contributed by atoms with Crippen LogP contribution in [-0.2, 0) is 34.6 Å². The summed E-state index contributed by atoms with van der Waals surface area (Å²) in [6.45, 7) is 3.71. The van der Waals surface area contributed by atoms with Gasteiger partial charge in [0.1, 0.15) is 12.2 Å². The second kappa shape index (κ2) is 7.00. The molecule has 0 radical (unpaired) electrons. The number of rotatable bonds is 2. The zero-order chi connectivity index (χ0) is 21.0. The number of cyclic esters (lactones) is 1. The van der Waals surface area contributed by atoms with E-state index < -0.39 is 0 Å². The predicted octanol–water partition coefficient (Wildman–Crippen LogP) is 2.95. The Morgan fingerprint density at radius 2 is 2.00 bits per heavy atom. The number of hydrogen-bond donors (Lipinski definition) is 1. The van der Waals surface area contributed by atoms with Gasteiger partial charge in [-0.15, -0.1) is 0 Å². The fourth-order valence-electron chi connectivity index (χ4n) is 5.31. The van der Waals surface area contributed by atoms with Gasteiger partial charge in [-0.1, -0.05) is 24.3 Å². The number of benzene rings is 2. The maximum absolute atomic E-state index is 12.2. The number of piperidine rings is 1. The van der Waals surface area contributed by atoms with Crippen LogP contribution in [0.3, 0.4) is 0 Å². The molecular weight excluding hydrogens is 392 g/mol. The van der Waals surface area contributed by atoms with Gasteiger partial charge in [-0.25, -0.2) is 14.8 Å². The van der Waals surface area contributed by atoms with Gasteiger partial charge in [0.25, 0.3) is 0 Å². The molecule has 0 atom stereocenters. The lowest BCUT2D eigenvalue weighted by Gasteiger charge is -2.44. The van der Waals surface area contributed by atoms with E-state index in [2.05, 4.69) is 33.1 Å². The fraction of sp³-hybridized carbons (Fsp3) is 0.375. The Bertz CT molecular complexity index is 1200. The zero-order valence-electron chi connectivity index (χ0n) is 17.3. The number of nitrogen functional groups attached to an aromatic ring is 1. The molecule has 0 bridgehead atoms. The average Bonchev–Trinajstić information content (AvgIpc) is 2.80. The molecule has 6 rings (SSSR count). The smallest absolute Gasteiger partial charge is 0.339 e. The van der Waals surface area contributed by atoms with E-state index in [-0.39, 0.29) is 11.6 Å². The molecule has 0 amide bonds. The van der Waals surface area contributed by atoms with Crippen molar-refractivity contribution in [2.75, 3.05) is 25.4 Å². The Kier molecular flexibility index (Phi) is 4.23. The largest absolute Gasteiger partial charge is 0.457 e. The third-order valence-corrected chi connectivity index (χ3v) is 6.92. The number of likely N-dealkylation sites (tertiary alicyclic amines) is 1. The quantitative estimate of drug-likeness (QED) is 0.642. The molecule has 1 aromatic heterocycles. The van der Waals surface area contributed by atoms with Crippen molar-refractivity contribution in [2.24, 2.45) is 0 Å². The Labute approximate surface area is 180 Å². The first-order valence-corrected chi connectivity index (χ1v) is 10.8. The van der Waals surface area contributed by atoms with E-state index in [9.17, 15) is 4.79 Å². The Balaban J connectivity index is 1.26. The monoisotopic (exact) mass is 416 g/mol. The van der Waals surface area contributed by atoms with Gasteiger partial charge in [-0.3, -0.25) is 4.90 Å². The molecule has 2 N–H and O–H groups in total. The fourth-order valence-corrected chi connectivity index (χ4v) is 5.31. The molecular formula is C24H24N4O3. The van der Waals surface area contributed by atoms with Gasteiger partial charge in [0, 0.05) is 31.2 Å². The van der Waals surface area contributed by atoms with Crippen molar-refractivity contribution >= 4 is 22.7 Å². The lowest BCUT2D eigenvalue weighted by Crippen LogP contribution is -2.47. The van der Waals surface area contributed by atoms with Crippen LogP contribution in [0.1, 0.15) is 45.6 Å². The molecule has 1 fully saturated rings. The second-order valence-electron chi connectivity index (χ2n) is 8.66. The van der Waals surface area contributed by atoms with Crippen LogP contribution >= 0.6 is 0 Å². The number of aromatic nitrogens is 2. The minimum absolute atomic E-state index is 0.232. The number of esters is 1. The molecule has 1 spiro atoms. The Morgan fingerprint density at radius 3 is 2.87 bits per heavy atom. The van der Waals surface area contributed by atoms with Gasteiger partial charge in [0.2, 0.25) is 5.95 Å². The van der Waals surface area contributed by atoms with Gasteiger partial charge < -0.3 is 15.2 Å². The summed E-state index contributed by atoms with van der Waals surface area (Å²) in [5.41, 5.74) is 10.6. The Morgan fingerprint density at radius 1 is 1.13 bits per heavy atom. The first-order valence-electron chi connectivity index (χ1n) is 10.8. The molecule has 31 heavy (non-hydrogen) atoms. The number of hydrogen-bond acceptors (Lipinski definition) is 7. The second-order valence-corrected chi connectivity index (χ2v) is 8.66. The van der Waals surface area contributed by atoms with Crippen molar-refractivity contribution in [3.8, 4) is 0 Å². The first-order chi connectivity index (χ1) is 15.1. The van der Waals surface area contributed by atoms with Crippen molar-refractivity contribution in [1.82, 2.24) is 14.9 Å². The zero-order valence-corrected chi connectivity index (χ0v) is 17.3. The minimum atomic E-state index is -0.356. The van der Waals surface area contributed by atoms with Crippen LogP contribution in [0.2, 0.25) is 0 Å². The minimum Gasteiger partial charge on any atom is -0.457 e. The number of ether oxygens (including phenoxy) is 2. The van der Waals surface area contributed by atoms with Crippen LogP contribution in [0, 0.1) is 0 Å². The third kappa shape index (κ3) is 2.99. The van der Waals surface area contributed by atoms with Gasteiger partial charge in [0.15, 0.2) is 0 Å². The van der Waals surface area contributed by atoms with E-state index >= 15 is 0 Å². The molecule has 3 aliphatic heterocycles. The molecule has 0 aliphatic carbocycles. The molecule has 0 unspecified atom stereocenters. The van der Waals surface area contributed by atoms with E-state index in [1.807, 2.05) is 18.3 Å². The van der Waals surface area contributed by atoms with Crippen LogP contribution in [0.25, 0.3) is 10.8 Å².